The fraction of sp³-hybridized carbons (Fsp3) is 0.824. The summed E-state index contributed by atoms with van der Waals surface area (Å²) in [7, 11) is -7.38. The average Bonchev–Trinajstić information content (AvgIpc) is 2.74. The maximum absolute atomic E-state index is 14.2. The zero-order valence-corrected chi connectivity index (χ0v) is 20.2. The lowest BCUT2D eigenvalue weighted by atomic mass is 9.89. The fourth-order valence-electron chi connectivity index (χ4n) is 2.38. The van der Waals surface area contributed by atoms with Crippen LogP contribution in [0.2, 0.25) is 0 Å². The van der Waals surface area contributed by atoms with Crippen LogP contribution in [0.5, 0.6) is 0 Å². The molecule has 0 saturated heterocycles. The van der Waals surface area contributed by atoms with E-state index in [1.807, 2.05) is 0 Å². The van der Waals surface area contributed by atoms with E-state index in [1.165, 1.54) is 0 Å². The monoisotopic (exact) mass is 635 g/mol. The second kappa shape index (κ2) is 10.4. The zero-order chi connectivity index (χ0) is 32.1. The Hall–Kier alpha value is -2.00. The van der Waals surface area contributed by atoms with E-state index >= 15 is 0 Å². The van der Waals surface area contributed by atoms with Crippen molar-refractivity contribution in [2.75, 3.05) is 19.7 Å². The Balaban J connectivity index is 6.78. The number of rotatable bonds is 14. The van der Waals surface area contributed by atoms with Gasteiger partial charge in [-0.3, -0.25) is 0 Å². The first-order chi connectivity index (χ1) is 16.8. The molecule has 0 aliphatic rings. The van der Waals surface area contributed by atoms with Crippen molar-refractivity contribution in [3.05, 3.63) is 12.2 Å². The largest absolute Gasteiger partial charge is 0.461 e. The first-order valence-electron chi connectivity index (χ1n) is 9.63. The molecular weight excluding hydrogens is 618 g/mol. The van der Waals surface area contributed by atoms with E-state index in [9.17, 15) is 83.5 Å². The first kappa shape index (κ1) is 37.0. The molecule has 0 atom stereocenters. The van der Waals surface area contributed by atoms with E-state index in [4.69, 9.17) is 0 Å². The summed E-state index contributed by atoms with van der Waals surface area (Å²) >= 11 is 0. The van der Waals surface area contributed by atoms with Gasteiger partial charge in [0, 0.05) is 25.6 Å². The van der Waals surface area contributed by atoms with Gasteiger partial charge in [-0.25, -0.2) is 13.2 Å². The molecule has 0 aliphatic heterocycles. The summed E-state index contributed by atoms with van der Waals surface area (Å²) in [6.07, 6.45) is 0. The van der Waals surface area contributed by atoms with Crippen molar-refractivity contribution in [3.8, 4) is 0 Å². The number of nitrogens with zero attached hydrogens (tertiary/aromatic N) is 1. The molecule has 0 bridgehead atoms. The number of hydrogen-bond donors (Lipinski definition) is 0. The van der Waals surface area contributed by atoms with Gasteiger partial charge < -0.3 is 4.74 Å². The normalized spacial score (nSPS) is 15.5. The topological polar surface area (TPSA) is 63.7 Å². The summed E-state index contributed by atoms with van der Waals surface area (Å²) in [6, 6.07) is 0. The lowest BCUT2D eigenvalue weighted by molar-refractivity contribution is -0.447. The number of ether oxygens (including phenoxy) is 1. The highest BCUT2D eigenvalue weighted by Gasteiger charge is 2.95. The third-order valence-electron chi connectivity index (χ3n) is 4.83. The molecule has 232 valence electrons. The molecule has 39 heavy (non-hydrogen) atoms. The molecule has 0 aromatic heterocycles. The smallest absolute Gasteiger partial charge is 0.427 e. The van der Waals surface area contributed by atoms with Gasteiger partial charge in [0.25, 0.3) is 10.0 Å². The Morgan fingerprint density at radius 1 is 0.718 bits per heavy atom. The number of carbonyl (C=O) groups is 1. The average molecular weight is 635 g/mol. The van der Waals surface area contributed by atoms with Crippen molar-refractivity contribution in [2.45, 2.75) is 67.5 Å². The Morgan fingerprint density at radius 2 is 1.05 bits per heavy atom. The molecule has 0 unspecified atom stereocenters. The van der Waals surface area contributed by atoms with Crippen LogP contribution in [0.15, 0.2) is 12.2 Å². The lowest BCUT2D eigenvalue weighted by Gasteiger charge is -2.43. The van der Waals surface area contributed by atoms with Gasteiger partial charge in [-0.05, 0) is 6.92 Å². The molecule has 0 saturated carbocycles. The van der Waals surface area contributed by atoms with Crippen molar-refractivity contribution in [2.24, 2.45) is 0 Å². The quantitative estimate of drug-likeness (QED) is 0.137. The van der Waals surface area contributed by atoms with E-state index in [2.05, 4.69) is 11.3 Å². The van der Waals surface area contributed by atoms with Crippen LogP contribution >= 0.6 is 0 Å². The van der Waals surface area contributed by atoms with Gasteiger partial charge in [-0.15, -0.1) is 0 Å². The molecule has 0 fully saturated rings. The van der Waals surface area contributed by atoms with Crippen molar-refractivity contribution >= 4 is 16.0 Å². The third-order valence-corrected chi connectivity index (χ3v) is 6.85. The third kappa shape index (κ3) is 5.37. The Morgan fingerprint density at radius 3 is 1.36 bits per heavy atom. The van der Waals surface area contributed by atoms with Crippen molar-refractivity contribution in [1.82, 2.24) is 4.31 Å². The minimum Gasteiger partial charge on any atom is -0.461 e. The molecule has 0 radical (unpaired) electrons. The van der Waals surface area contributed by atoms with Gasteiger partial charge in [0.2, 0.25) is 0 Å². The van der Waals surface area contributed by atoms with Crippen molar-refractivity contribution in [1.29, 1.82) is 0 Å². The summed E-state index contributed by atoms with van der Waals surface area (Å²) < 4.78 is 245. The van der Waals surface area contributed by atoms with Crippen LogP contribution in [0.25, 0.3) is 0 Å². The van der Waals surface area contributed by atoms with E-state index in [0.717, 1.165) is 6.92 Å². The highest BCUT2D eigenvalue weighted by molar-refractivity contribution is 7.90. The molecule has 0 N–H and O–H groups in total. The molecule has 0 heterocycles. The Labute approximate surface area is 208 Å². The van der Waals surface area contributed by atoms with Crippen LogP contribution in [0, 0.1) is 0 Å². The number of esters is 1. The minimum atomic E-state index is -8.74. The number of likely N-dealkylation sites (N-methyl/N-ethyl adjacent to an activating group) is 1. The SMILES string of the molecule is C=C(C)C(=O)OCCN(CC)S(=O)(=O)C(F)(F)C(F)(F)C(F)(F)C(F)(F)C(F)(F)C(F)(F)C(F)(F)C(C)(F)F. The van der Waals surface area contributed by atoms with Crippen LogP contribution in [0.3, 0.4) is 0 Å². The van der Waals surface area contributed by atoms with E-state index in [-0.39, 0.29) is 5.57 Å². The first-order valence-corrected chi connectivity index (χ1v) is 11.1. The maximum Gasteiger partial charge on any atom is 0.427 e. The molecule has 22 heteroatoms. The molecule has 5 nitrogen and oxygen atoms in total. The summed E-state index contributed by atoms with van der Waals surface area (Å²) in [4.78, 5) is 11.2. The number of halogens is 16. The van der Waals surface area contributed by atoms with Gasteiger partial charge in [-0.2, -0.15) is 74.6 Å². The summed E-state index contributed by atoms with van der Waals surface area (Å²) in [5.41, 5.74) is -0.385. The standard InChI is InChI=1S/C17H17F16NO4S/c1-5-34(6-7-38-9(35)8(2)3)39(36,37)17(32,33)16(30,31)15(28,29)14(26,27)13(24,25)12(22,23)11(20,21)10(4,18)19/h2,5-7H2,1,3-4H3. The highest BCUT2D eigenvalue weighted by atomic mass is 32.2. The van der Waals surface area contributed by atoms with Gasteiger partial charge in [-0.1, -0.05) is 13.5 Å². The van der Waals surface area contributed by atoms with Gasteiger partial charge >= 0.3 is 52.7 Å². The summed E-state index contributed by atoms with van der Waals surface area (Å²) in [6.45, 7) is -0.986. The molecule has 0 spiro atoms. The minimum absolute atomic E-state index is 0.385. The molecule has 0 rings (SSSR count). The van der Waals surface area contributed by atoms with Crippen LogP contribution in [-0.4, -0.2) is 85.1 Å². The number of carbonyl (C=O) groups excluding carboxylic acids is 1. The summed E-state index contributed by atoms with van der Waals surface area (Å²) in [5.74, 6) is -58.1. The van der Waals surface area contributed by atoms with Crippen molar-refractivity contribution in [3.63, 3.8) is 0 Å². The van der Waals surface area contributed by atoms with Crippen molar-refractivity contribution < 1.29 is 88.2 Å². The van der Waals surface area contributed by atoms with Gasteiger partial charge in [0.05, 0.1) is 0 Å². The van der Waals surface area contributed by atoms with E-state index in [0.29, 0.717) is 6.92 Å². The molecule has 0 aromatic carbocycles. The predicted molar refractivity (Wildman–Crippen MR) is 97.2 cm³/mol. The molecule has 0 aromatic rings. The molecule has 0 amide bonds. The lowest BCUT2D eigenvalue weighted by Crippen LogP contribution is -2.75. The van der Waals surface area contributed by atoms with Gasteiger partial charge in [0.1, 0.15) is 6.61 Å². The number of alkyl halides is 16. The second-order valence-corrected chi connectivity index (χ2v) is 9.74. The molecular formula is C17H17F16NO4S. The predicted octanol–water partition coefficient (Wildman–Crippen LogP) is 5.82. The van der Waals surface area contributed by atoms with Crippen LogP contribution in [0.1, 0.15) is 20.8 Å². The fourth-order valence-corrected chi connectivity index (χ4v) is 3.81. The highest BCUT2D eigenvalue weighted by Crippen LogP contribution is 2.64. The Kier molecular flexibility index (Phi) is 9.90. The Bertz CT molecular complexity index is 1040. The van der Waals surface area contributed by atoms with Crippen LogP contribution in [-0.2, 0) is 19.6 Å². The number of sulfonamides is 1. The number of hydrogen-bond acceptors (Lipinski definition) is 4. The van der Waals surface area contributed by atoms with Crippen LogP contribution in [0.4, 0.5) is 70.2 Å². The second-order valence-electron chi connectivity index (χ2n) is 7.76. The van der Waals surface area contributed by atoms with Gasteiger partial charge in [0.15, 0.2) is 0 Å². The molecule has 0 aliphatic carbocycles. The van der Waals surface area contributed by atoms with E-state index in [1.54, 1.807) is 0 Å². The van der Waals surface area contributed by atoms with Crippen LogP contribution < -0.4 is 0 Å². The maximum atomic E-state index is 14.2. The summed E-state index contributed by atoms with van der Waals surface area (Å²) in [5, 5.41) is -7.59. The zero-order valence-electron chi connectivity index (χ0n) is 19.4. The van der Waals surface area contributed by atoms with E-state index < -0.39 is 93.6 Å².